The summed E-state index contributed by atoms with van der Waals surface area (Å²) in [6.45, 7) is 0. The Bertz CT molecular complexity index is 856. The van der Waals surface area contributed by atoms with Crippen LogP contribution in [0.15, 0.2) is 53.5 Å². The molecule has 26 heavy (non-hydrogen) atoms. The highest BCUT2D eigenvalue weighted by Crippen LogP contribution is 2.29. The molecule has 0 aromatic heterocycles. The number of hydrogen-bond donors (Lipinski definition) is 1. The predicted octanol–water partition coefficient (Wildman–Crippen LogP) is 4.07. The van der Waals surface area contributed by atoms with E-state index < -0.39 is 5.25 Å². The molecule has 5 nitrogen and oxygen atoms in total. The minimum atomic E-state index is -0.616. The molecule has 1 atom stereocenters. The summed E-state index contributed by atoms with van der Waals surface area (Å²) in [4.78, 5) is 30.6. The van der Waals surface area contributed by atoms with Gasteiger partial charge in [0.2, 0.25) is 11.8 Å². The van der Waals surface area contributed by atoms with Crippen molar-refractivity contribution in [1.82, 2.24) is 4.90 Å². The molecule has 3 rings (SSSR count). The Morgan fingerprint density at radius 3 is 2.54 bits per heavy atom. The Balaban J connectivity index is 1.76. The summed E-state index contributed by atoms with van der Waals surface area (Å²) >= 11 is 7.07. The van der Waals surface area contributed by atoms with Crippen LogP contribution in [0.4, 0.5) is 15.8 Å². The molecular formula is C18H15ClFN3O2S. The zero-order chi connectivity index (χ0) is 18.7. The van der Waals surface area contributed by atoms with Crippen molar-refractivity contribution in [2.45, 2.75) is 11.7 Å². The van der Waals surface area contributed by atoms with E-state index in [-0.39, 0.29) is 24.1 Å². The van der Waals surface area contributed by atoms with Gasteiger partial charge in [0.15, 0.2) is 5.17 Å². The third-order valence-corrected chi connectivity index (χ3v) is 5.22. The number of amides is 2. The number of rotatable bonds is 3. The molecule has 134 valence electrons. The SMILES string of the molecule is CN1C(=O)CC(C(=O)Nc2ccc(F)cc2)SC1=Nc1ccc(Cl)cc1. The zero-order valence-electron chi connectivity index (χ0n) is 13.8. The number of hydrogen-bond acceptors (Lipinski definition) is 4. The fourth-order valence-electron chi connectivity index (χ4n) is 2.28. The van der Waals surface area contributed by atoms with Gasteiger partial charge >= 0.3 is 0 Å². The Hall–Kier alpha value is -2.38. The molecule has 1 heterocycles. The van der Waals surface area contributed by atoms with Gasteiger partial charge in [-0.2, -0.15) is 0 Å². The molecule has 8 heteroatoms. The van der Waals surface area contributed by atoms with Crippen LogP contribution in [0.25, 0.3) is 0 Å². The summed E-state index contributed by atoms with van der Waals surface area (Å²) in [5, 5.41) is 3.10. The van der Waals surface area contributed by atoms with Crippen molar-refractivity contribution in [2.75, 3.05) is 12.4 Å². The average Bonchev–Trinajstić information content (AvgIpc) is 2.62. The number of anilines is 1. The second kappa shape index (κ2) is 7.88. The molecular weight excluding hydrogens is 377 g/mol. The fourth-order valence-corrected chi connectivity index (χ4v) is 3.47. The highest BCUT2D eigenvalue weighted by Gasteiger charge is 2.34. The number of nitrogens with one attached hydrogen (secondary N) is 1. The van der Waals surface area contributed by atoms with Crippen LogP contribution < -0.4 is 5.32 Å². The first-order valence-electron chi connectivity index (χ1n) is 7.76. The van der Waals surface area contributed by atoms with Gasteiger partial charge in [0.1, 0.15) is 11.1 Å². The van der Waals surface area contributed by atoms with Crippen molar-refractivity contribution in [3.63, 3.8) is 0 Å². The lowest BCUT2D eigenvalue weighted by atomic mass is 10.2. The second-order valence-corrected chi connectivity index (χ2v) is 7.24. The van der Waals surface area contributed by atoms with E-state index in [2.05, 4.69) is 10.3 Å². The molecule has 0 bridgehead atoms. The van der Waals surface area contributed by atoms with Crippen LogP contribution in [0.2, 0.25) is 5.02 Å². The highest BCUT2D eigenvalue weighted by atomic mass is 35.5. The van der Waals surface area contributed by atoms with Gasteiger partial charge in [0.25, 0.3) is 0 Å². The summed E-state index contributed by atoms with van der Waals surface area (Å²) < 4.78 is 13.0. The van der Waals surface area contributed by atoms with Gasteiger partial charge in [-0.1, -0.05) is 23.4 Å². The van der Waals surface area contributed by atoms with Crippen LogP contribution in [0, 0.1) is 5.82 Å². The Labute approximate surface area is 159 Å². The monoisotopic (exact) mass is 391 g/mol. The molecule has 0 spiro atoms. The maximum Gasteiger partial charge on any atom is 0.238 e. The summed E-state index contributed by atoms with van der Waals surface area (Å²) in [6.07, 6.45) is 0.0633. The van der Waals surface area contributed by atoms with Crippen LogP contribution >= 0.6 is 23.4 Å². The highest BCUT2D eigenvalue weighted by molar-refractivity contribution is 8.15. The molecule has 2 aromatic rings. The molecule has 1 fully saturated rings. The van der Waals surface area contributed by atoms with Crippen molar-refractivity contribution >= 4 is 51.7 Å². The summed E-state index contributed by atoms with van der Waals surface area (Å²) in [6, 6.07) is 12.3. The number of carbonyl (C=O) groups is 2. The van der Waals surface area contributed by atoms with Crippen molar-refractivity contribution in [3.05, 3.63) is 59.4 Å². The van der Waals surface area contributed by atoms with Crippen LogP contribution in [-0.4, -0.2) is 34.2 Å². The van der Waals surface area contributed by atoms with E-state index >= 15 is 0 Å². The lowest BCUT2D eigenvalue weighted by molar-refractivity contribution is -0.128. The van der Waals surface area contributed by atoms with Crippen molar-refractivity contribution < 1.29 is 14.0 Å². The smallest absolute Gasteiger partial charge is 0.238 e. The number of carbonyl (C=O) groups excluding carboxylic acids is 2. The van der Waals surface area contributed by atoms with Crippen LogP contribution in [0.1, 0.15) is 6.42 Å². The van der Waals surface area contributed by atoms with Gasteiger partial charge in [-0.05, 0) is 48.5 Å². The van der Waals surface area contributed by atoms with E-state index in [4.69, 9.17) is 11.6 Å². The standard InChI is InChI=1S/C18H15ClFN3O2S/c1-23-16(24)10-15(17(25)21-13-8-4-12(20)5-9-13)26-18(23)22-14-6-2-11(19)3-7-14/h2-9,15H,10H2,1H3,(H,21,25). The Kier molecular flexibility index (Phi) is 5.58. The first-order valence-corrected chi connectivity index (χ1v) is 9.02. The molecule has 2 amide bonds. The molecule has 0 radical (unpaired) electrons. The van der Waals surface area contributed by atoms with Gasteiger partial charge in [0.05, 0.1) is 5.69 Å². The lowest BCUT2D eigenvalue weighted by Crippen LogP contribution is -2.43. The maximum atomic E-state index is 13.0. The average molecular weight is 392 g/mol. The minimum absolute atomic E-state index is 0.0633. The molecule has 1 N–H and O–H groups in total. The molecule has 1 aliphatic rings. The number of aliphatic imine (C=N–C) groups is 1. The zero-order valence-corrected chi connectivity index (χ0v) is 15.4. The lowest BCUT2D eigenvalue weighted by Gasteiger charge is -2.28. The van der Waals surface area contributed by atoms with Crippen molar-refractivity contribution in [3.8, 4) is 0 Å². The predicted molar refractivity (Wildman–Crippen MR) is 102 cm³/mol. The van der Waals surface area contributed by atoms with E-state index in [0.717, 1.165) is 0 Å². The summed E-state index contributed by atoms with van der Waals surface area (Å²) in [5.74, 6) is -0.910. The first-order chi connectivity index (χ1) is 12.4. The molecule has 0 saturated carbocycles. The molecule has 1 saturated heterocycles. The van der Waals surface area contributed by atoms with E-state index in [1.807, 2.05) is 0 Å². The van der Waals surface area contributed by atoms with E-state index in [1.54, 1.807) is 31.3 Å². The topological polar surface area (TPSA) is 61.8 Å². The molecule has 2 aromatic carbocycles. The van der Waals surface area contributed by atoms with Crippen LogP contribution in [-0.2, 0) is 9.59 Å². The fraction of sp³-hybridized carbons (Fsp3) is 0.167. The Morgan fingerprint density at radius 1 is 1.23 bits per heavy atom. The van der Waals surface area contributed by atoms with E-state index in [9.17, 15) is 14.0 Å². The van der Waals surface area contributed by atoms with Gasteiger partial charge in [0, 0.05) is 24.2 Å². The number of halogens is 2. The number of amidine groups is 1. The first kappa shape index (κ1) is 18.4. The van der Waals surface area contributed by atoms with Gasteiger partial charge < -0.3 is 5.32 Å². The molecule has 0 aliphatic carbocycles. The third-order valence-electron chi connectivity index (χ3n) is 3.72. The van der Waals surface area contributed by atoms with E-state index in [0.29, 0.717) is 21.6 Å². The number of benzene rings is 2. The summed E-state index contributed by atoms with van der Waals surface area (Å²) in [5.41, 5.74) is 1.11. The van der Waals surface area contributed by atoms with Crippen LogP contribution in [0.3, 0.4) is 0 Å². The van der Waals surface area contributed by atoms with Crippen molar-refractivity contribution in [2.24, 2.45) is 4.99 Å². The van der Waals surface area contributed by atoms with E-state index in [1.165, 1.54) is 40.9 Å². The van der Waals surface area contributed by atoms with Gasteiger partial charge in [-0.15, -0.1) is 0 Å². The third kappa shape index (κ3) is 4.42. The van der Waals surface area contributed by atoms with Crippen molar-refractivity contribution in [1.29, 1.82) is 0 Å². The number of thioether (sulfide) groups is 1. The number of nitrogens with zero attached hydrogens (tertiary/aromatic N) is 2. The quantitative estimate of drug-likeness (QED) is 0.857. The van der Waals surface area contributed by atoms with Crippen LogP contribution in [0.5, 0.6) is 0 Å². The molecule has 1 aliphatic heterocycles. The minimum Gasteiger partial charge on any atom is -0.325 e. The second-order valence-electron chi connectivity index (χ2n) is 5.63. The Morgan fingerprint density at radius 2 is 1.88 bits per heavy atom. The summed E-state index contributed by atoms with van der Waals surface area (Å²) in [7, 11) is 1.62. The van der Waals surface area contributed by atoms with Gasteiger partial charge in [-0.3, -0.25) is 14.5 Å². The maximum absolute atomic E-state index is 13.0. The normalized spacial score (nSPS) is 18.9. The van der Waals surface area contributed by atoms with Gasteiger partial charge in [-0.25, -0.2) is 9.38 Å². The largest absolute Gasteiger partial charge is 0.325 e. The molecule has 1 unspecified atom stereocenters.